The highest BCUT2D eigenvalue weighted by Gasteiger charge is 2.21. The molecular formula is C43H47ClN6O3S. The Balaban J connectivity index is 1.01. The Labute approximate surface area is 327 Å². The van der Waals surface area contributed by atoms with Crippen LogP contribution in [0.1, 0.15) is 27.9 Å². The van der Waals surface area contributed by atoms with Gasteiger partial charge in [0.25, 0.3) is 11.6 Å². The van der Waals surface area contributed by atoms with Gasteiger partial charge < -0.3 is 20.4 Å². The third-order valence-corrected chi connectivity index (χ3v) is 11.1. The van der Waals surface area contributed by atoms with Crippen LogP contribution in [-0.2, 0) is 13.1 Å². The van der Waals surface area contributed by atoms with Crippen molar-refractivity contribution in [3.63, 3.8) is 0 Å². The van der Waals surface area contributed by atoms with Gasteiger partial charge in [-0.3, -0.25) is 19.8 Å². The maximum absolute atomic E-state index is 13.1. The summed E-state index contributed by atoms with van der Waals surface area (Å²) >= 11 is 7.86. The molecule has 9 nitrogen and oxygen atoms in total. The lowest BCUT2D eigenvalue weighted by atomic mass is 9.99. The van der Waals surface area contributed by atoms with E-state index in [1.54, 1.807) is 23.9 Å². The summed E-state index contributed by atoms with van der Waals surface area (Å²) in [5.41, 5.74) is 6.45. The Kier molecular flexibility index (Phi) is 13.6. The van der Waals surface area contributed by atoms with Crippen molar-refractivity contribution in [1.29, 1.82) is 0 Å². The third-order valence-electron chi connectivity index (χ3n) is 9.62. The first-order valence-corrected chi connectivity index (χ1v) is 19.6. The number of nitro groups is 1. The highest BCUT2D eigenvalue weighted by molar-refractivity contribution is 7.99. The van der Waals surface area contributed by atoms with Gasteiger partial charge in [-0.1, -0.05) is 72.3 Å². The van der Waals surface area contributed by atoms with Crippen molar-refractivity contribution in [2.24, 2.45) is 0 Å². The molecule has 280 valence electrons. The van der Waals surface area contributed by atoms with E-state index < -0.39 is 0 Å². The Morgan fingerprint density at radius 3 is 2.30 bits per heavy atom. The molecule has 0 spiro atoms. The van der Waals surface area contributed by atoms with E-state index in [1.165, 1.54) is 16.7 Å². The van der Waals surface area contributed by atoms with Crippen molar-refractivity contribution in [3.8, 4) is 11.1 Å². The number of hydrogen-bond donors (Lipinski definition) is 2. The van der Waals surface area contributed by atoms with E-state index in [2.05, 4.69) is 73.9 Å². The minimum Gasteiger partial charge on any atom is -0.376 e. The second-order valence-electron chi connectivity index (χ2n) is 13.8. The fourth-order valence-corrected chi connectivity index (χ4v) is 7.71. The van der Waals surface area contributed by atoms with Crippen molar-refractivity contribution in [3.05, 3.63) is 153 Å². The lowest BCUT2D eigenvalue weighted by Crippen LogP contribution is -2.46. The zero-order valence-corrected chi connectivity index (χ0v) is 32.4. The molecule has 5 aromatic rings. The first-order chi connectivity index (χ1) is 26.2. The Hall–Kier alpha value is -4.87. The summed E-state index contributed by atoms with van der Waals surface area (Å²) in [7, 11) is 4.05. The van der Waals surface area contributed by atoms with Crippen LogP contribution in [0.15, 0.2) is 126 Å². The van der Waals surface area contributed by atoms with Crippen LogP contribution < -0.4 is 15.5 Å². The molecule has 6 rings (SSSR count). The minimum atomic E-state index is -0.361. The molecule has 1 saturated heterocycles. The van der Waals surface area contributed by atoms with Gasteiger partial charge in [-0.05, 0) is 104 Å². The number of rotatable bonds is 16. The predicted molar refractivity (Wildman–Crippen MR) is 223 cm³/mol. The van der Waals surface area contributed by atoms with Crippen LogP contribution >= 0.6 is 23.4 Å². The monoisotopic (exact) mass is 762 g/mol. The number of nitrogens with one attached hydrogen (secondary N) is 2. The third kappa shape index (κ3) is 10.9. The maximum atomic E-state index is 13.1. The van der Waals surface area contributed by atoms with E-state index in [-0.39, 0.29) is 29.1 Å². The molecule has 1 aliphatic rings. The van der Waals surface area contributed by atoms with Crippen molar-refractivity contribution < 1.29 is 9.72 Å². The summed E-state index contributed by atoms with van der Waals surface area (Å²) in [6.45, 7) is 5.55. The lowest BCUT2D eigenvalue weighted by molar-refractivity contribution is -0.384. The summed E-state index contributed by atoms with van der Waals surface area (Å²) in [5.74, 6) is 0.542. The number of amides is 1. The van der Waals surface area contributed by atoms with E-state index in [4.69, 9.17) is 11.6 Å². The molecule has 1 aliphatic heterocycles. The first-order valence-electron chi connectivity index (χ1n) is 18.3. The minimum absolute atomic E-state index is 0.00321. The number of halogens is 1. The second-order valence-corrected chi connectivity index (χ2v) is 15.4. The Morgan fingerprint density at radius 2 is 1.59 bits per heavy atom. The normalized spacial score (nSPS) is 13.8. The van der Waals surface area contributed by atoms with Gasteiger partial charge in [0, 0.05) is 78.3 Å². The van der Waals surface area contributed by atoms with Gasteiger partial charge in [-0.25, -0.2) is 0 Å². The van der Waals surface area contributed by atoms with E-state index in [9.17, 15) is 14.9 Å². The Morgan fingerprint density at radius 1 is 0.889 bits per heavy atom. The molecule has 0 radical (unpaired) electrons. The molecule has 1 fully saturated rings. The number of carbonyl (C=O) groups is 1. The van der Waals surface area contributed by atoms with Gasteiger partial charge in [-0.15, -0.1) is 11.8 Å². The molecule has 0 bridgehead atoms. The van der Waals surface area contributed by atoms with Gasteiger partial charge in [0.2, 0.25) is 0 Å². The average Bonchev–Trinajstić information content (AvgIpc) is 3.19. The topological polar surface area (TPSA) is 94.0 Å². The number of benzene rings is 5. The summed E-state index contributed by atoms with van der Waals surface area (Å²) < 4.78 is 0. The quantitative estimate of drug-likeness (QED) is 0.0586. The van der Waals surface area contributed by atoms with Crippen LogP contribution in [-0.4, -0.2) is 79.2 Å². The SMILES string of the molecule is CN(C)CC[C@H](CSc1ccccc1)Nc1ccc(CNC(=O)c2ccc(N3CCN(Cc4ccccc4-c4ccc(Cl)cc4)CC3)cc2)cc1[N+](=O)[O-]. The van der Waals surface area contributed by atoms with Crippen molar-refractivity contribution >= 4 is 46.3 Å². The van der Waals surface area contributed by atoms with E-state index >= 15 is 0 Å². The second kappa shape index (κ2) is 18.9. The lowest BCUT2D eigenvalue weighted by Gasteiger charge is -2.36. The van der Waals surface area contributed by atoms with E-state index in [0.717, 1.165) is 67.0 Å². The molecule has 1 atom stereocenters. The van der Waals surface area contributed by atoms with Crippen LogP contribution in [0.25, 0.3) is 11.1 Å². The Bertz CT molecular complexity index is 1990. The van der Waals surface area contributed by atoms with Gasteiger partial charge in [-0.2, -0.15) is 0 Å². The highest BCUT2D eigenvalue weighted by atomic mass is 35.5. The number of piperazine rings is 1. The number of thioether (sulfide) groups is 1. The molecule has 0 unspecified atom stereocenters. The average molecular weight is 763 g/mol. The molecule has 1 heterocycles. The smallest absolute Gasteiger partial charge is 0.292 e. The van der Waals surface area contributed by atoms with Gasteiger partial charge >= 0.3 is 0 Å². The number of nitro benzene ring substituents is 1. The summed E-state index contributed by atoms with van der Waals surface area (Å²) in [5, 5.41) is 19.3. The molecule has 11 heteroatoms. The van der Waals surface area contributed by atoms with Gasteiger partial charge in [0.05, 0.1) is 4.92 Å². The van der Waals surface area contributed by atoms with Crippen LogP contribution in [0.5, 0.6) is 0 Å². The molecule has 5 aromatic carbocycles. The van der Waals surface area contributed by atoms with Crippen LogP contribution in [0.3, 0.4) is 0 Å². The number of hydrogen-bond acceptors (Lipinski definition) is 8. The molecule has 0 aromatic heterocycles. The van der Waals surface area contributed by atoms with E-state index in [1.807, 2.05) is 74.8 Å². The fraction of sp³-hybridized carbons (Fsp3) is 0.279. The molecule has 54 heavy (non-hydrogen) atoms. The fourth-order valence-electron chi connectivity index (χ4n) is 6.59. The van der Waals surface area contributed by atoms with Crippen LogP contribution in [0, 0.1) is 10.1 Å². The molecule has 0 saturated carbocycles. The van der Waals surface area contributed by atoms with Crippen LogP contribution in [0.2, 0.25) is 5.02 Å². The number of nitrogens with zero attached hydrogens (tertiary/aromatic N) is 4. The number of carbonyl (C=O) groups excluding carboxylic acids is 1. The summed E-state index contributed by atoms with van der Waals surface area (Å²) in [6.07, 6.45) is 0.831. The predicted octanol–water partition coefficient (Wildman–Crippen LogP) is 8.69. The molecule has 0 aliphatic carbocycles. The van der Waals surface area contributed by atoms with Gasteiger partial charge in [0.15, 0.2) is 0 Å². The van der Waals surface area contributed by atoms with Crippen molar-refractivity contribution in [1.82, 2.24) is 15.1 Å². The molecule has 2 N–H and O–H groups in total. The number of anilines is 2. The zero-order chi connectivity index (χ0) is 37.9. The van der Waals surface area contributed by atoms with Crippen molar-refractivity contribution in [2.75, 3.05) is 62.8 Å². The van der Waals surface area contributed by atoms with Crippen molar-refractivity contribution in [2.45, 2.75) is 30.4 Å². The van der Waals surface area contributed by atoms with Gasteiger partial charge in [0.1, 0.15) is 5.69 Å². The highest BCUT2D eigenvalue weighted by Crippen LogP contribution is 2.30. The zero-order valence-electron chi connectivity index (χ0n) is 30.8. The molecular weight excluding hydrogens is 716 g/mol. The summed E-state index contributed by atoms with van der Waals surface area (Å²) in [6, 6.07) is 39.5. The standard InChI is InChI=1S/C43H47ClN6O3S/c1-47(2)23-22-37(31-54-39-9-4-3-5-10-39)46-41-21-12-32(28-42(41)50(52)53)29-45-43(51)34-15-19-38(20-16-34)49-26-24-48(25-27-49)30-35-8-6-7-11-40(35)33-13-17-36(44)18-14-33/h3-21,28,37,46H,22-27,29-31H2,1-2H3,(H,45,51)/t37-/m1/s1. The summed E-state index contributed by atoms with van der Waals surface area (Å²) in [4.78, 5) is 33.0. The first kappa shape index (κ1) is 38.8. The largest absolute Gasteiger partial charge is 0.376 e. The molecule has 1 amide bonds. The maximum Gasteiger partial charge on any atom is 0.292 e. The van der Waals surface area contributed by atoms with Crippen LogP contribution in [0.4, 0.5) is 17.1 Å². The van der Waals surface area contributed by atoms with E-state index in [0.29, 0.717) is 16.8 Å².